The summed E-state index contributed by atoms with van der Waals surface area (Å²) in [6.45, 7) is 6.04. The van der Waals surface area contributed by atoms with Crippen molar-refractivity contribution >= 4 is 57.9 Å². The molecule has 12 heteroatoms. The van der Waals surface area contributed by atoms with E-state index in [2.05, 4.69) is 29.4 Å². The number of hydrogen-bond donors (Lipinski definition) is 2. The van der Waals surface area contributed by atoms with Crippen LogP contribution in [-0.2, 0) is 19.1 Å². The van der Waals surface area contributed by atoms with Gasteiger partial charge in [0.2, 0.25) is 5.91 Å². The second kappa shape index (κ2) is 15.0. The maximum atomic E-state index is 13.2. The number of thioether (sulfide) groups is 1. The monoisotopic (exact) mass is 644 g/mol. The lowest BCUT2D eigenvalue weighted by molar-refractivity contribution is -0.127. The molecule has 0 saturated carbocycles. The molecule has 11 nitrogen and oxygen atoms in total. The van der Waals surface area contributed by atoms with Gasteiger partial charge in [0.05, 0.1) is 36.6 Å². The van der Waals surface area contributed by atoms with E-state index >= 15 is 0 Å². The molecule has 2 saturated heterocycles. The Balaban J connectivity index is 1.20. The van der Waals surface area contributed by atoms with Crippen LogP contribution in [0.1, 0.15) is 30.9 Å². The Bertz CT molecular complexity index is 1650. The van der Waals surface area contributed by atoms with Gasteiger partial charge in [0, 0.05) is 18.8 Å². The number of benzene rings is 3. The number of ether oxygens (including phenoxy) is 3. The third-order valence-corrected chi connectivity index (χ3v) is 8.31. The third kappa shape index (κ3) is 7.88. The summed E-state index contributed by atoms with van der Waals surface area (Å²) in [6, 6.07) is 20.0. The molecule has 2 aliphatic rings. The SMILES string of the molecule is COc1cc(/C=C2\SC(=O)N(CC(=O)Nc3ccccc3N3CCOCC3)C2=O)ccc1OCC(=O)Nc1ccccc1C(C)C. The summed E-state index contributed by atoms with van der Waals surface area (Å²) in [5.74, 6) is -0.433. The number of imide groups is 1. The topological polar surface area (TPSA) is 127 Å². The summed E-state index contributed by atoms with van der Waals surface area (Å²) in [5.41, 5.74) is 3.79. The van der Waals surface area contributed by atoms with E-state index < -0.39 is 23.6 Å². The Morgan fingerprint density at radius 3 is 2.37 bits per heavy atom. The predicted octanol–water partition coefficient (Wildman–Crippen LogP) is 5.35. The number of anilines is 3. The number of methoxy groups -OCH3 is 1. The molecule has 46 heavy (non-hydrogen) atoms. The minimum absolute atomic E-state index is 0.172. The van der Waals surface area contributed by atoms with Crippen LogP contribution in [-0.4, -0.2) is 74.4 Å². The largest absolute Gasteiger partial charge is 0.493 e. The van der Waals surface area contributed by atoms with Crippen molar-refractivity contribution in [2.45, 2.75) is 19.8 Å². The average molecular weight is 645 g/mol. The molecule has 3 aromatic carbocycles. The van der Waals surface area contributed by atoms with E-state index in [9.17, 15) is 19.2 Å². The lowest BCUT2D eigenvalue weighted by atomic mass is 10.0. The number of para-hydroxylation sites is 3. The minimum atomic E-state index is -0.566. The molecule has 0 unspecified atom stereocenters. The van der Waals surface area contributed by atoms with Gasteiger partial charge in [-0.25, -0.2) is 0 Å². The highest BCUT2D eigenvalue weighted by molar-refractivity contribution is 8.18. The summed E-state index contributed by atoms with van der Waals surface area (Å²) >= 11 is 0.758. The fourth-order valence-electron chi connectivity index (χ4n) is 5.12. The molecule has 2 heterocycles. The van der Waals surface area contributed by atoms with Crippen LogP contribution in [0.4, 0.5) is 21.9 Å². The highest BCUT2D eigenvalue weighted by Crippen LogP contribution is 2.35. The van der Waals surface area contributed by atoms with Crippen LogP contribution in [0, 0.1) is 0 Å². The second-order valence-corrected chi connectivity index (χ2v) is 11.9. The van der Waals surface area contributed by atoms with Crippen molar-refractivity contribution in [3.8, 4) is 11.5 Å². The van der Waals surface area contributed by atoms with Gasteiger partial charge in [-0.2, -0.15) is 0 Å². The lowest BCUT2D eigenvalue weighted by Gasteiger charge is -2.30. The van der Waals surface area contributed by atoms with Crippen molar-refractivity contribution in [1.29, 1.82) is 0 Å². The fraction of sp³-hybridized carbons (Fsp3) is 0.294. The maximum absolute atomic E-state index is 13.2. The summed E-state index contributed by atoms with van der Waals surface area (Å²) in [5, 5.41) is 5.20. The zero-order valence-electron chi connectivity index (χ0n) is 25.9. The fourth-order valence-corrected chi connectivity index (χ4v) is 5.96. The van der Waals surface area contributed by atoms with E-state index in [0.29, 0.717) is 49.1 Å². The molecule has 0 aliphatic carbocycles. The Labute approximate surface area is 271 Å². The van der Waals surface area contributed by atoms with E-state index in [-0.39, 0.29) is 23.3 Å². The van der Waals surface area contributed by atoms with Crippen molar-refractivity contribution in [1.82, 2.24) is 4.90 Å². The maximum Gasteiger partial charge on any atom is 0.294 e. The number of morpholine rings is 1. The third-order valence-electron chi connectivity index (χ3n) is 7.41. The van der Waals surface area contributed by atoms with Gasteiger partial charge in [0.15, 0.2) is 18.1 Å². The summed E-state index contributed by atoms with van der Waals surface area (Å²) in [7, 11) is 1.47. The van der Waals surface area contributed by atoms with E-state index in [1.54, 1.807) is 30.3 Å². The number of nitrogens with one attached hydrogen (secondary N) is 2. The molecule has 3 aromatic rings. The Hall–Kier alpha value is -4.81. The first-order valence-corrected chi connectivity index (χ1v) is 15.7. The molecule has 0 atom stereocenters. The smallest absolute Gasteiger partial charge is 0.294 e. The Kier molecular flexibility index (Phi) is 10.6. The quantitative estimate of drug-likeness (QED) is 0.266. The van der Waals surface area contributed by atoms with Crippen molar-refractivity contribution in [3.63, 3.8) is 0 Å². The minimum Gasteiger partial charge on any atom is -0.493 e. The molecule has 2 N–H and O–H groups in total. The van der Waals surface area contributed by atoms with Crippen LogP contribution < -0.4 is 25.0 Å². The first-order chi connectivity index (χ1) is 22.2. The van der Waals surface area contributed by atoms with Crippen molar-refractivity contribution in [2.24, 2.45) is 0 Å². The molecule has 0 spiro atoms. The molecule has 4 amide bonds. The molecule has 240 valence electrons. The molecule has 5 rings (SSSR count). The predicted molar refractivity (Wildman–Crippen MR) is 178 cm³/mol. The van der Waals surface area contributed by atoms with Crippen LogP contribution in [0.2, 0.25) is 0 Å². The Morgan fingerprint density at radius 1 is 0.935 bits per heavy atom. The number of nitrogens with zero attached hydrogens (tertiary/aromatic N) is 2. The van der Waals surface area contributed by atoms with E-state index in [0.717, 1.165) is 33.6 Å². The molecule has 0 radical (unpaired) electrons. The number of carbonyl (C=O) groups is 4. The van der Waals surface area contributed by atoms with E-state index in [1.165, 1.54) is 7.11 Å². The van der Waals surface area contributed by atoms with Crippen LogP contribution in [0.15, 0.2) is 71.6 Å². The summed E-state index contributed by atoms with van der Waals surface area (Å²) in [6.07, 6.45) is 1.55. The van der Waals surface area contributed by atoms with Gasteiger partial charge in [0.25, 0.3) is 17.1 Å². The number of rotatable bonds is 11. The lowest BCUT2D eigenvalue weighted by Crippen LogP contribution is -2.38. The van der Waals surface area contributed by atoms with Gasteiger partial charge in [-0.05, 0) is 65.2 Å². The zero-order chi connectivity index (χ0) is 32.6. The van der Waals surface area contributed by atoms with Crippen LogP contribution in [0.5, 0.6) is 11.5 Å². The average Bonchev–Trinajstić information content (AvgIpc) is 3.31. The van der Waals surface area contributed by atoms with Crippen LogP contribution in [0.3, 0.4) is 0 Å². The van der Waals surface area contributed by atoms with Crippen molar-refractivity contribution in [3.05, 3.63) is 82.8 Å². The van der Waals surface area contributed by atoms with Gasteiger partial charge in [-0.3, -0.25) is 24.1 Å². The summed E-state index contributed by atoms with van der Waals surface area (Å²) in [4.78, 5) is 54.7. The van der Waals surface area contributed by atoms with E-state index in [4.69, 9.17) is 14.2 Å². The van der Waals surface area contributed by atoms with Crippen LogP contribution in [0.25, 0.3) is 6.08 Å². The van der Waals surface area contributed by atoms with Gasteiger partial charge < -0.3 is 29.7 Å². The number of amides is 4. The van der Waals surface area contributed by atoms with Crippen LogP contribution >= 0.6 is 11.8 Å². The van der Waals surface area contributed by atoms with E-state index in [1.807, 2.05) is 42.5 Å². The standard InChI is InChI=1S/C34H36N4O7S/c1-22(2)24-8-4-5-9-25(24)35-32(40)21-45-28-13-12-23(18-29(28)43-3)19-30-33(41)38(34(42)46-30)20-31(39)36-26-10-6-7-11-27(26)37-14-16-44-17-15-37/h4-13,18-19,22H,14-17,20-21H2,1-3H3,(H,35,40)(H,36,39)/b30-19-. The second-order valence-electron chi connectivity index (χ2n) is 10.9. The molecule has 0 aromatic heterocycles. The number of carbonyl (C=O) groups excluding carboxylic acids is 4. The van der Waals surface area contributed by atoms with Gasteiger partial charge >= 0.3 is 0 Å². The summed E-state index contributed by atoms with van der Waals surface area (Å²) < 4.78 is 16.6. The van der Waals surface area contributed by atoms with Gasteiger partial charge in [-0.15, -0.1) is 0 Å². The highest BCUT2D eigenvalue weighted by atomic mass is 32.2. The normalized spacial score (nSPS) is 15.8. The van der Waals surface area contributed by atoms with Crippen molar-refractivity contribution < 1.29 is 33.4 Å². The molecule has 2 aliphatic heterocycles. The molecule has 2 fully saturated rings. The first-order valence-electron chi connectivity index (χ1n) is 14.9. The van der Waals surface area contributed by atoms with Crippen molar-refractivity contribution in [2.75, 3.05) is 62.1 Å². The first kappa shape index (κ1) is 32.6. The molecular weight excluding hydrogens is 608 g/mol. The number of hydrogen-bond acceptors (Lipinski definition) is 9. The molecule has 0 bridgehead atoms. The van der Waals surface area contributed by atoms with Gasteiger partial charge in [0.1, 0.15) is 6.54 Å². The van der Waals surface area contributed by atoms with Gasteiger partial charge in [-0.1, -0.05) is 50.2 Å². The molecular formula is C34H36N4O7S. The Morgan fingerprint density at radius 2 is 1.63 bits per heavy atom. The zero-order valence-corrected chi connectivity index (χ0v) is 26.7. The highest BCUT2D eigenvalue weighted by Gasteiger charge is 2.36.